The molecule has 0 heterocycles. The molecule has 2 aromatic carbocycles. The van der Waals surface area contributed by atoms with Gasteiger partial charge in [-0.2, -0.15) is 16.9 Å². The molecule has 0 saturated carbocycles. The number of hydrogen-bond donors (Lipinski definition) is 2. The summed E-state index contributed by atoms with van der Waals surface area (Å²) in [6.45, 7) is 2.48. The van der Waals surface area contributed by atoms with E-state index in [1.165, 1.54) is 11.8 Å². The van der Waals surface area contributed by atoms with E-state index in [9.17, 15) is 9.90 Å². The molecule has 0 aliphatic heterocycles. The van der Waals surface area contributed by atoms with Gasteiger partial charge in [-0.1, -0.05) is 30.3 Å². The third-order valence-electron chi connectivity index (χ3n) is 3.80. The molecule has 0 radical (unpaired) electrons. The zero-order valence-corrected chi connectivity index (χ0v) is 17.4. The fourth-order valence-electron chi connectivity index (χ4n) is 2.38. The zero-order valence-electron chi connectivity index (χ0n) is 15.7. The first-order valence-electron chi connectivity index (χ1n) is 8.56. The summed E-state index contributed by atoms with van der Waals surface area (Å²) in [6, 6.07) is 15.6. The Balaban J connectivity index is 1.96. The van der Waals surface area contributed by atoms with Gasteiger partial charge in [0.25, 0.3) is 0 Å². The standard InChI is InChI=1S/C20H23N3O3S2/c1-14(22-23-20(27)21-11-15-6-4-3-5-7-15)16-8-9-18(26-2)17(10-16)12-28-13-19(24)25/h3-10H,11-13H2,1-2H3,(H,24,25)(H2,21,23,27)/p-1/b22-14-. The van der Waals surface area contributed by atoms with Crippen molar-refractivity contribution in [1.29, 1.82) is 0 Å². The summed E-state index contributed by atoms with van der Waals surface area (Å²) >= 11 is 6.51. The van der Waals surface area contributed by atoms with E-state index in [1.807, 2.05) is 55.5 Å². The van der Waals surface area contributed by atoms with Crippen LogP contribution in [0.4, 0.5) is 0 Å². The van der Waals surface area contributed by atoms with Gasteiger partial charge < -0.3 is 20.0 Å². The highest BCUT2D eigenvalue weighted by atomic mass is 32.2. The first kappa shape index (κ1) is 21.7. The van der Waals surface area contributed by atoms with Gasteiger partial charge in [0.05, 0.1) is 18.8 Å². The van der Waals surface area contributed by atoms with Crippen LogP contribution >= 0.6 is 24.0 Å². The van der Waals surface area contributed by atoms with Crippen molar-refractivity contribution in [2.75, 3.05) is 12.9 Å². The van der Waals surface area contributed by atoms with Crippen molar-refractivity contribution in [1.82, 2.24) is 10.7 Å². The number of hydrogen-bond acceptors (Lipinski definition) is 6. The third-order valence-corrected chi connectivity index (χ3v) is 4.99. The average Bonchev–Trinajstić information content (AvgIpc) is 2.70. The molecule has 0 amide bonds. The maximum Gasteiger partial charge on any atom is 0.187 e. The van der Waals surface area contributed by atoms with E-state index in [4.69, 9.17) is 17.0 Å². The molecule has 0 bridgehead atoms. The van der Waals surface area contributed by atoms with E-state index < -0.39 is 5.97 Å². The number of thioether (sulfide) groups is 1. The van der Waals surface area contributed by atoms with Crippen LogP contribution < -0.4 is 20.6 Å². The Morgan fingerprint density at radius 2 is 2.00 bits per heavy atom. The lowest BCUT2D eigenvalue weighted by atomic mass is 10.1. The normalized spacial score (nSPS) is 11.0. The summed E-state index contributed by atoms with van der Waals surface area (Å²) in [6.07, 6.45) is 0. The molecule has 0 spiro atoms. The predicted molar refractivity (Wildman–Crippen MR) is 115 cm³/mol. The topological polar surface area (TPSA) is 85.8 Å². The van der Waals surface area contributed by atoms with Crippen LogP contribution in [0.25, 0.3) is 0 Å². The number of methoxy groups -OCH3 is 1. The van der Waals surface area contributed by atoms with Gasteiger partial charge in [-0.3, -0.25) is 5.43 Å². The lowest BCUT2D eigenvalue weighted by molar-refractivity contribution is -0.301. The van der Waals surface area contributed by atoms with Gasteiger partial charge in [0.2, 0.25) is 0 Å². The number of benzene rings is 2. The van der Waals surface area contributed by atoms with Crippen LogP contribution in [0.15, 0.2) is 53.6 Å². The van der Waals surface area contributed by atoms with Crippen LogP contribution in [-0.4, -0.2) is 29.7 Å². The molecule has 148 valence electrons. The fraction of sp³-hybridized carbons (Fsp3) is 0.250. The molecule has 2 aromatic rings. The smallest absolute Gasteiger partial charge is 0.187 e. The van der Waals surface area contributed by atoms with Crippen molar-refractivity contribution in [3.05, 3.63) is 65.2 Å². The Labute approximate surface area is 174 Å². The van der Waals surface area contributed by atoms with E-state index in [0.29, 0.717) is 23.2 Å². The summed E-state index contributed by atoms with van der Waals surface area (Å²) in [5.41, 5.74) is 6.50. The maximum absolute atomic E-state index is 10.6. The molecular formula is C20H22N3O3S2-. The highest BCUT2D eigenvalue weighted by Gasteiger charge is 2.07. The number of ether oxygens (including phenoxy) is 1. The predicted octanol–water partition coefficient (Wildman–Crippen LogP) is 2.07. The molecule has 2 N–H and O–H groups in total. The molecule has 8 heteroatoms. The largest absolute Gasteiger partial charge is 0.549 e. The van der Waals surface area contributed by atoms with Crippen LogP contribution in [0.1, 0.15) is 23.6 Å². The number of carboxylic acids is 1. The number of nitrogens with zero attached hydrogens (tertiary/aromatic N) is 1. The Bertz CT molecular complexity index is 842. The second kappa shape index (κ2) is 11.3. The maximum atomic E-state index is 10.6. The van der Waals surface area contributed by atoms with Crippen LogP contribution in [0.5, 0.6) is 5.75 Å². The summed E-state index contributed by atoms with van der Waals surface area (Å²) in [4.78, 5) is 10.6. The monoisotopic (exact) mass is 416 g/mol. The Hall–Kier alpha value is -2.58. The molecule has 0 aromatic heterocycles. The molecule has 0 aliphatic carbocycles. The van der Waals surface area contributed by atoms with Crippen LogP contribution in [-0.2, 0) is 17.1 Å². The number of carbonyl (C=O) groups excluding carboxylic acids is 1. The molecular weight excluding hydrogens is 394 g/mol. The van der Waals surface area contributed by atoms with Crippen molar-refractivity contribution in [2.45, 2.75) is 19.2 Å². The van der Waals surface area contributed by atoms with E-state index in [0.717, 1.165) is 22.4 Å². The fourth-order valence-corrected chi connectivity index (χ4v) is 3.21. The van der Waals surface area contributed by atoms with Gasteiger partial charge in [-0.05, 0) is 48.5 Å². The first-order valence-corrected chi connectivity index (χ1v) is 10.1. The summed E-state index contributed by atoms with van der Waals surface area (Å²) in [7, 11) is 1.58. The number of nitrogens with one attached hydrogen (secondary N) is 2. The molecule has 0 fully saturated rings. The second-order valence-corrected chi connectivity index (χ2v) is 7.26. The Morgan fingerprint density at radius 3 is 2.68 bits per heavy atom. The molecule has 0 aliphatic rings. The van der Waals surface area contributed by atoms with Crippen LogP contribution in [0.3, 0.4) is 0 Å². The number of carboxylic acid groups (broad SMARTS) is 1. The molecule has 0 atom stereocenters. The van der Waals surface area contributed by atoms with E-state index in [2.05, 4.69) is 15.8 Å². The first-order chi connectivity index (χ1) is 13.5. The third kappa shape index (κ3) is 7.21. The summed E-state index contributed by atoms with van der Waals surface area (Å²) in [5, 5.41) is 18.5. The van der Waals surface area contributed by atoms with Crippen molar-refractivity contribution in [2.24, 2.45) is 5.10 Å². The molecule has 0 unspecified atom stereocenters. The Morgan fingerprint density at radius 1 is 1.25 bits per heavy atom. The van der Waals surface area contributed by atoms with Crippen LogP contribution in [0.2, 0.25) is 0 Å². The number of rotatable bonds is 9. The van der Waals surface area contributed by atoms with Gasteiger partial charge in [0.1, 0.15) is 5.75 Å². The molecule has 2 rings (SSSR count). The number of carbonyl (C=O) groups is 1. The van der Waals surface area contributed by atoms with Gasteiger partial charge in [-0.25, -0.2) is 0 Å². The van der Waals surface area contributed by atoms with Gasteiger partial charge >= 0.3 is 0 Å². The van der Waals surface area contributed by atoms with E-state index in [-0.39, 0.29) is 5.75 Å². The minimum absolute atomic E-state index is 0.0661. The summed E-state index contributed by atoms with van der Waals surface area (Å²) < 4.78 is 5.35. The lowest BCUT2D eigenvalue weighted by Gasteiger charge is -2.12. The van der Waals surface area contributed by atoms with Crippen LogP contribution in [0, 0.1) is 0 Å². The van der Waals surface area contributed by atoms with Crippen molar-refractivity contribution in [3.8, 4) is 5.75 Å². The van der Waals surface area contributed by atoms with Crippen molar-refractivity contribution in [3.63, 3.8) is 0 Å². The highest BCUT2D eigenvalue weighted by Crippen LogP contribution is 2.24. The SMILES string of the molecule is COc1ccc(/C(C)=N\NC(=S)NCc2ccccc2)cc1CSCC(=O)[O-]. The Kier molecular flexibility index (Phi) is 8.77. The lowest BCUT2D eigenvalue weighted by Crippen LogP contribution is -2.32. The number of thiocarbonyl (C=S) groups is 1. The molecule has 28 heavy (non-hydrogen) atoms. The van der Waals surface area contributed by atoms with Crippen molar-refractivity contribution >= 4 is 40.8 Å². The molecule has 6 nitrogen and oxygen atoms in total. The second-order valence-electron chi connectivity index (χ2n) is 5.87. The van der Waals surface area contributed by atoms with Gasteiger partial charge in [-0.15, -0.1) is 0 Å². The minimum atomic E-state index is -1.08. The van der Waals surface area contributed by atoms with E-state index in [1.54, 1.807) is 7.11 Å². The summed E-state index contributed by atoms with van der Waals surface area (Å²) in [5.74, 6) is 0.0560. The average molecular weight is 417 g/mol. The van der Waals surface area contributed by atoms with E-state index >= 15 is 0 Å². The number of hydrazone groups is 1. The van der Waals surface area contributed by atoms with Crippen molar-refractivity contribution < 1.29 is 14.6 Å². The quantitative estimate of drug-likeness (QED) is 0.368. The highest BCUT2D eigenvalue weighted by molar-refractivity contribution is 7.99. The van der Waals surface area contributed by atoms with Gasteiger partial charge in [0.15, 0.2) is 5.11 Å². The number of aliphatic carboxylic acids is 1. The molecule has 0 saturated heterocycles. The minimum Gasteiger partial charge on any atom is -0.549 e. The van der Waals surface area contributed by atoms with Gasteiger partial charge in [0, 0.05) is 23.6 Å². The zero-order chi connectivity index (χ0) is 20.4.